The lowest BCUT2D eigenvalue weighted by Crippen LogP contribution is -2.12. The van der Waals surface area contributed by atoms with E-state index in [4.69, 9.17) is 17.3 Å². The van der Waals surface area contributed by atoms with E-state index in [0.29, 0.717) is 18.3 Å². The predicted octanol–water partition coefficient (Wildman–Crippen LogP) is 2.78. The average molecular weight is 220 g/mol. The molecule has 1 unspecified atom stereocenters. The third kappa shape index (κ3) is 3.99. The largest absolute Gasteiger partial charge is 0.330 e. The summed E-state index contributed by atoms with van der Waals surface area (Å²) in [5.74, 6) is 1.10. The minimum Gasteiger partial charge on any atom is -0.330 e. The molecule has 13 heavy (non-hydrogen) atoms. The van der Waals surface area contributed by atoms with Gasteiger partial charge >= 0.3 is 0 Å². The summed E-state index contributed by atoms with van der Waals surface area (Å²) in [4.78, 5) is 0. The van der Waals surface area contributed by atoms with E-state index < -0.39 is 0 Å². The maximum atomic E-state index is 5.67. The van der Waals surface area contributed by atoms with Crippen LogP contribution in [0.15, 0.2) is 30.3 Å². The fourth-order valence-electron chi connectivity index (χ4n) is 1.28. The van der Waals surface area contributed by atoms with Crippen LogP contribution >= 0.6 is 24.0 Å². The van der Waals surface area contributed by atoms with Crippen LogP contribution in [-0.2, 0) is 0 Å². The summed E-state index contributed by atoms with van der Waals surface area (Å²) in [5.41, 5.74) is 6.92. The van der Waals surface area contributed by atoms with Crippen LogP contribution in [0.5, 0.6) is 0 Å². The number of alkyl halides is 1. The average Bonchev–Trinajstić information content (AvgIpc) is 2.15. The molecule has 0 amide bonds. The Kier molecular flexibility index (Phi) is 7.06. The second-order valence-electron chi connectivity index (χ2n) is 2.82. The Labute approximate surface area is 90.7 Å². The van der Waals surface area contributed by atoms with E-state index in [-0.39, 0.29) is 12.4 Å². The predicted molar refractivity (Wildman–Crippen MR) is 60.8 cm³/mol. The molecule has 3 heteroatoms. The van der Waals surface area contributed by atoms with Crippen molar-refractivity contribution < 1.29 is 0 Å². The van der Waals surface area contributed by atoms with E-state index >= 15 is 0 Å². The number of halogens is 2. The van der Waals surface area contributed by atoms with Gasteiger partial charge in [0.1, 0.15) is 0 Å². The Balaban J connectivity index is 0.00000144. The van der Waals surface area contributed by atoms with Gasteiger partial charge in [-0.2, -0.15) is 0 Å². The van der Waals surface area contributed by atoms with Crippen LogP contribution in [0.2, 0.25) is 0 Å². The standard InChI is InChI=1S/C10H14ClN.ClH/c11-7-6-10(8-12)9-4-2-1-3-5-9;/h1-5,10H,6-8,12H2;1H. The van der Waals surface area contributed by atoms with Crippen molar-refractivity contribution in [3.63, 3.8) is 0 Å². The highest BCUT2D eigenvalue weighted by Gasteiger charge is 2.06. The first kappa shape index (κ1) is 12.8. The molecule has 74 valence electrons. The van der Waals surface area contributed by atoms with Crippen LogP contribution in [0.3, 0.4) is 0 Å². The van der Waals surface area contributed by atoms with E-state index in [9.17, 15) is 0 Å². The first-order valence-corrected chi connectivity index (χ1v) is 4.73. The van der Waals surface area contributed by atoms with Crippen molar-refractivity contribution >= 4 is 24.0 Å². The van der Waals surface area contributed by atoms with Gasteiger partial charge in [0.25, 0.3) is 0 Å². The topological polar surface area (TPSA) is 26.0 Å². The number of hydrogen-bond acceptors (Lipinski definition) is 1. The maximum absolute atomic E-state index is 5.67. The van der Waals surface area contributed by atoms with Gasteiger partial charge in [-0.05, 0) is 24.4 Å². The molecule has 0 fully saturated rings. The summed E-state index contributed by atoms with van der Waals surface area (Å²) in [5, 5.41) is 0. The summed E-state index contributed by atoms with van der Waals surface area (Å²) in [6.07, 6.45) is 0.960. The normalized spacial score (nSPS) is 11.8. The molecule has 0 saturated carbocycles. The first-order chi connectivity index (χ1) is 5.88. The van der Waals surface area contributed by atoms with Gasteiger partial charge in [0.15, 0.2) is 0 Å². The van der Waals surface area contributed by atoms with Crippen molar-refractivity contribution in [3.8, 4) is 0 Å². The van der Waals surface area contributed by atoms with Gasteiger partial charge in [0.2, 0.25) is 0 Å². The minimum absolute atomic E-state index is 0. The molecule has 0 bridgehead atoms. The van der Waals surface area contributed by atoms with Gasteiger partial charge in [-0.15, -0.1) is 24.0 Å². The number of rotatable bonds is 4. The van der Waals surface area contributed by atoms with Gasteiger partial charge in [-0.3, -0.25) is 0 Å². The molecule has 0 aliphatic rings. The number of nitrogens with two attached hydrogens (primary N) is 1. The highest BCUT2D eigenvalue weighted by Crippen LogP contribution is 2.17. The molecule has 0 heterocycles. The molecule has 1 rings (SSSR count). The molecule has 0 spiro atoms. The van der Waals surface area contributed by atoms with Crippen molar-refractivity contribution in [2.75, 3.05) is 12.4 Å². The molecule has 0 saturated heterocycles. The van der Waals surface area contributed by atoms with Crippen LogP contribution in [0, 0.1) is 0 Å². The molecule has 1 atom stereocenters. The van der Waals surface area contributed by atoms with Gasteiger partial charge in [-0.25, -0.2) is 0 Å². The molecule has 0 aromatic heterocycles. The van der Waals surface area contributed by atoms with Gasteiger partial charge in [0.05, 0.1) is 0 Å². The van der Waals surface area contributed by atoms with E-state index in [2.05, 4.69) is 12.1 Å². The van der Waals surface area contributed by atoms with Gasteiger partial charge in [-0.1, -0.05) is 30.3 Å². The van der Waals surface area contributed by atoms with Crippen LogP contribution in [-0.4, -0.2) is 12.4 Å². The quantitative estimate of drug-likeness (QED) is 0.775. The van der Waals surface area contributed by atoms with Crippen LogP contribution in [0.1, 0.15) is 17.9 Å². The Morgan fingerprint density at radius 3 is 2.31 bits per heavy atom. The lowest BCUT2D eigenvalue weighted by Gasteiger charge is -2.12. The summed E-state index contributed by atoms with van der Waals surface area (Å²) >= 11 is 5.67. The van der Waals surface area contributed by atoms with E-state index in [1.54, 1.807) is 0 Å². The van der Waals surface area contributed by atoms with Gasteiger partial charge < -0.3 is 5.73 Å². The lowest BCUT2D eigenvalue weighted by molar-refractivity contribution is 0.678. The molecule has 1 aromatic carbocycles. The summed E-state index contributed by atoms with van der Waals surface area (Å²) in [6, 6.07) is 10.3. The lowest BCUT2D eigenvalue weighted by atomic mass is 9.97. The van der Waals surface area contributed by atoms with Crippen molar-refractivity contribution in [1.82, 2.24) is 0 Å². The van der Waals surface area contributed by atoms with Crippen molar-refractivity contribution in [2.45, 2.75) is 12.3 Å². The fraction of sp³-hybridized carbons (Fsp3) is 0.400. The Bertz CT molecular complexity index is 213. The molecule has 1 nitrogen and oxygen atoms in total. The zero-order valence-electron chi connectivity index (χ0n) is 7.45. The van der Waals surface area contributed by atoms with Crippen LogP contribution in [0.4, 0.5) is 0 Å². The third-order valence-corrected chi connectivity index (χ3v) is 2.23. The highest BCUT2D eigenvalue weighted by molar-refractivity contribution is 6.17. The Morgan fingerprint density at radius 1 is 1.23 bits per heavy atom. The summed E-state index contributed by atoms with van der Waals surface area (Å²) < 4.78 is 0. The molecule has 2 N–H and O–H groups in total. The third-order valence-electron chi connectivity index (χ3n) is 2.01. The number of benzene rings is 1. The van der Waals surface area contributed by atoms with Crippen molar-refractivity contribution in [2.24, 2.45) is 5.73 Å². The van der Waals surface area contributed by atoms with E-state index in [1.165, 1.54) is 5.56 Å². The molecular weight excluding hydrogens is 205 g/mol. The smallest absolute Gasteiger partial charge is 0.0229 e. The SMILES string of the molecule is Cl.NCC(CCCl)c1ccccc1. The monoisotopic (exact) mass is 219 g/mol. The highest BCUT2D eigenvalue weighted by atomic mass is 35.5. The second-order valence-corrected chi connectivity index (χ2v) is 3.20. The van der Waals surface area contributed by atoms with E-state index in [0.717, 1.165) is 6.42 Å². The van der Waals surface area contributed by atoms with Gasteiger partial charge in [0, 0.05) is 5.88 Å². The minimum atomic E-state index is 0. The number of hydrogen-bond donors (Lipinski definition) is 1. The Morgan fingerprint density at radius 2 is 1.85 bits per heavy atom. The molecule has 0 aliphatic carbocycles. The zero-order valence-corrected chi connectivity index (χ0v) is 9.02. The summed E-state index contributed by atoms with van der Waals surface area (Å²) in [7, 11) is 0. The molecule has 0 aliphatic heterocycles. The van der Waals surface area contributed by atoms with Crippen molar-refractivity contribution in [1.29, 1.82) is 0 Å². The fourth-order valence-corrected chi connectivity index (χ4v) is 1.54. The van der Waals surface area contributed by atoms with Crippen LogP contribution in [0.25, 0.3) is 0 Å². The molecule has 1 aromatic rings. The first-order valence-electron chi connectivity index (χ1n) is 4.19. The molecular formula is C10H15Cl2N. The maximum Gasteiger partial charge on any atom is 0.0229 e. The van der Waals surface area contributed by atoms with Crippen molar-refractivity contribution in [3.05, 3.63) is 35.9 Å². The van der Waals surface area contributed by atoms with E-state index in [1.807, 2.05) is 18.2 Å². The molecule has 0 radical (unpaired) electrons. The van der Waals surface area contributed by atoms with Crippen LogP contribution < -0.4 is 5.73 Å². The summed E-state index contributed by atoms with van der Waals surface area (Å²) in [6.45, 7) is 0.677. The second kappa shape index (κ2) is 7.19. The zero-order chi connectivity index (χ0) is 8.81. The Hall–Kier alpha value is -0.240.